The molecule has 2 aliphatic rings. The van der Waals surface area contributed by atoms with E-state index >= 15 is 0 Å². The maximum Gasteiger partial charge on any atom is 0.410 e. The number of Topliss-reactive ketones (excluding diaryl/α,β-unsaturated/α-hetero) is 1. The van der Waals surface area contributed by atoms with Crippen LogP contribution in [-0.4, -0.2) is 60.0 Å². The van der Waals surface area contributed by atoms with E-state index in [4.69, 9.17) is 9.47 Å². The fourth-order valence-corrected chi connectivity index (χ4v) is 5.20. The van der Waals surface area contributed by atoms with E-state index in [-0.39, 0.29) is 17.8 Å². The first-order chi connectivity index (χ1) is 18.0. The lowest BCUT2D eigenvalue weighted by atomic mass is 9.75. The Hall–Kier alpha value is -3.19. The van der Waals surface area contributed by atoms with Crippen LogP contribution in [0.2, 0.25) is 0 Å². The van der Waals surface area contributed by atoms with Gasteiger partial charge in [0.15, 0.2) is 0 Å². The van der Waals surface area contributed by atoms with E-state index in [0.717, 1.165) is 31.6 Å². The van der Waals surface area contributed by atoms with E-state index in [9.17, 15) is 14.4 Å². The number of hydrogen-bond donors (Lipinski definition) is 0. The standard InChI is InChI=1S/C31H40N2O5/c1-30(2,3)38-29(36)33-16-13-31(4,14-17-33)27(34)18-22-6-8-23(9-7-22)20-32-15-12-24-19-25(28(35)37-5)10-11-26(24)21-32/h6-11,19H,12-18,20-21H2,1-5H3. The fraction of sp³-hybridized carbons (Fsp3) is 0.516. The van der Waals surface area contributed by atoms with Crippen molar-refractivity contribution in [2.75, 3.05) is 26.7 Å². The molecule has 204 valence electrons. The number of esters is 1. The minimum atomic E-state index is -0.520. The average molecular weight is 521 g/mol. The van der Waals surface area contributed by atoms with Gasteiger partial charge in [-0.15, -0.1) is 0 Å². The Kier molecular flexibility index (Phi) is 8.26. The highest BCUT2D eigenvalue weighted by molar-refractivity contribution is 5.89. The summed E-state index contributed by atoms with van der Waals surface area (Å²) in [5, 5.41) is 0. The first kappa shape index (κ1) is 27.8. The number of fused-ring (bicyclic) bond motifs is 1. The molecular formula is C31H40N2O5. The third kappa shape index (κ3) is 6.81. The van der Waals surface area contributed by atoms with E-state index in [0.29, 0.717) is 37.9 Å². The van der Waals surface area contributed by atoms with Gasteiger partial charge in [0.05, 0.1) is 12.7 Å². The molecule has 1 amide bonds. The van der Waals surface area contributed by atoms with Crippen LogP contribution < -0.4 is 0 Å². The number of hydrogen-bond acceptors (Lipinski definition) is 6. The predicted molar refractivity (Wildman–Crippen MR) is 146 cm³/mol. The molecule has 7 heteroatoms. The monoisotopic (exact) mass is 520 g/mol. The van der Waals surface area contributed by atoms with Crippen molar-refractivity contribution in [1.82, 2.24) is 9.80 Å². The Bertz CT molecular complexity index is 1170. The van der Waals surface area contributed by atoms with Crippen LogP contribution in [0.5, 0.6) is 0 Å². The molecule has 0 aliphatic carbocycles. The highest BCUT2D eigenvalue weighted by Gasteiger charge is 2.38. The smallest absolute Gasteiger partial charge is 0.410 e. The molecule has 0 N–H and O–H groups in total. The molecule has 2 aliphatic heterocycles. The second-order valence-electron chi connectivity index (χ2n) is 11.9. The predicted octanol–water partition coefficient (Wildman–Crippen LogP) is 5.18. The Morgan fingerprint density at radius 1 is 0.921 bits per heavy atom. The van der Waals surface area contributed by atoms with Gasteiger partial charge in [-0.3, -0.25) is 9.69 Å². The van der Waals surface area contributed by atoms with Gasteiger partial charge in [0, 0.05) is 44.6 Å². The number of carbonyl (C=O) groups excluding carboxylic acids is 3. The average Bonchev–Trinajstić information content (AvgIpc) is 2.88. The molecular weight excluding hydrogens is 480 g/mol. The number of nitrogens with zero attached hydrogens (tertiary/aromatic N) is 2. The molecule has 4 rings (SSSR count). The summed E-state index contributed by atoms with van der Waals surface area (Å²) in [6, 6.07) is 14.2. The molecule has 0 saturated carbocycles. The maximum absolute atomic E-state index is 13.2. The van der Waals surface area contributed by atoms with Gasteiger partial charge >= 0.3 is 12.1 Å². The minimum Gasteiger partial charge on any atom is -0.465 e. The molecule has 2 aromatic carbocycles. The topological polar surface area (TPSA) is 76.2 Å². The van der Waals surface area contributed by atoms with Gasteiger partial charge in [-0.25, -0.2) is 9.59 Å². The molecule has 7 nitrogen and oxygen atoms in total. The Morgan fingerprint density at radius 3 is 2.21 bits per heavy atom. The highest BCUT2D eigenvalue weighted by Crippen LogP contribution is 2.34. The van der Waals surface area contributed by atoms with Gasteiger partial charge in [-0.05, 0) is 74.4 Å². The van der Waals surface area contributed by atoms with Crippen molar-refractivity contribution >= 4 is 17.8 Å². The lowest BCUT2D eigenvalue weighted by Gasteiger charge is -2.38. The third-order valence-electron chi connectivity index (χ3n) is 7.70. The quantitative estimate of drug-likeness (QED) is 0.489. The number of carbonyl (C=O) groups is 3. The minimum absolute atomic E-state index is 0.230. The second-order valence-corrected chi connectivity index (χ2v) is 11.9. The summed E-state index contributed by atoms with van der Waals surface area (Å²) >= 11 is 0. The number of benzene rings is 2. The van der Waals surface area contributed by atoms with Gasteiger partial charge in [-0.1, -0.05) is 37.3 Å². The normalized spacial score (nSPS) is 17.4. The zero-order chi connectivity index (χ0) is 27.5. The van der Waals surface area contributed by atoms with Gasteiger partial charge in [0.25, 0.3) is 0 Å². The van der Waals surface area contributed by atoms with Crippen LogP contribution in [0.1, 0.15) is 73.1 Å². The lowest BCUT2D eigenvalue weighted by molar-refractivity contribution is -0.129. The summed E-state index contributed by atoms with van der Waals surface area (Å²) in [7, 11) is 1.41. The van der Waals surface area contributed by atoms with Crippen LogP contribution in [0.15, 0.2) is 42.5 Å². The van der Waals surface area contributed by atoms with Crippen molar-refractivity contribution in [2.45, 2.75) is 72.1 Å². The molecule has 0 radical (unpaired) electrons. The van der Waals surface area contributed by atoms with Crippen LogP contribution >= 0.6 is 0 Å². The van der Waals surface area contributed by atoms with Crippen molar-refractivity contribution in [3.05, 3.63) is 70.3 Å². The SMILES string of the molecule is COC(=O)c1ccc2c(c1)CCN(Cc1ccc(CC(=O)C3(C)CCN(C(=O)OC(C)(C)C)CC3)cc1)C2. The molecule has 38 heavy (non-hydrogen) atoms. The van der Waals surface area contributed by atoms with Gasteiger partial charge in [-0.2, -0.15) is 0 Å². The van der Waals surface area contributed by atoms with Crippen LogP contribution in [0.3, 0.4) is 0 Å². The summed E-state index contributed by atoms with van der Waals surface area (Å²) in [4.78, 5) is 41.5. The molecule has 0 aromatic heterocycles. The largest absolute Gasteiger partial charge is 0.465 e. The third-order valence-corrected chi connectivity index (χ3v) is 7.70. The van der Waals surface area contributed by atoms with Gasteiger partial charge in [0.1, 0.15) is 11.4 Å². The zero-order valence-electron chi connectivity index (χ0n) is 23.3. The van der Waals surface area contributed by atoms with Crippen LogP contribution in [0.4, 0.5) is 4.79 Å². The molecule has 0 atom stereocenters. The summed E-state index contributed by atoms with van der Waals surface area (Å²) in [5.41, 5.74) is 4.36. The molecule has 1 fully saturated rings. The Balaban J connectivity index is 1.28. The van der Waals surface area contributed by atoms with Crippen molar-refractivity contribution in [3.8, 4) is 0 Å². The van der Waals surface area contributed by atoms with Crippen molar-refractivity contribution in [3.63, 3.8) is 0 Å². The molecule has 0 unspecified atom stereocenters. The fourth-order valence-electron chi connectivity index (χ4n) is 5.20. The van der Waals surface area contributed by atoms with E-state index in [1.165, 1.54) is 23.8 Å². The van der Waals surface area contributed by atoms with Crippen LogP contribution in [0, 0.1) is 5.41 Å². The Morgan fingerprint density at radius 2 is 1.58 bits per heavy atom. The number of rotatable bonds is 6. The number of likely N-dealkylation sites (tertiary alicyclic amines) is 1. The number of amides is 1. The number of piperidine rings is 1. The van der Waals surface area contributed by atoms with E-state index in [2.05, 4.69) is 29.2 Å². The summed E-state index contributed by atoms with van der Waals surface area (Å²) < 4.78 is 10.3. The molecule has 2 aromatic rings. The number of methoxy groups -OCH3 is 1. The maximum atomic E-state index is 13.2. The van der Waals surface area contributed by atoms with E-state index < -0.39 is 11.0 Å². The first-order valence-corrected chi connectivity index (χ1v) is 13.5. The summed E-state index contributed by atoms with van der Waals surface area (Å²) in [6.07, 6.45) is 2.31. The molecule has 0 spiro atoms. The van der Waals surface area contributed by atoms with Crippen molar-refractivity contribution in [1.29, 1.82) is 0 Å². The summed E-state index contributed by atoms with van der Waals surface area (Å²) in [5.74, 6) is -0.0675. The van der Waals surface area contributed by atoms with Gasteiger partial charge < -0.3 is 14.4 Å². The second kappa shape index (κ2) is 11.3. The van der Waals surface area contributed by atoms with Crippen molar-refractivity contribution in [2.24, 2.45) is 5.41 Å². The Labute approximate surface area is 226 Å². The first-order valence-electron chi connectivity index (χ1n) is 13.5. The van der Waals surface area contributed by atoms with E-state index in [1.54, 1.807) is 4.90 Å². The highest BCUT2D eigenvalue weighted by atomic mass is 16.6. The summed E-state index contributed by atoms with van der Waals surface area (Å²) in [6.45, 7) is 11.3. The lowest BCUT2D eigenvalue weighted by Crippen LogP contribution is -2.47. The number of ketones is 1. The van der Waals surface area contributed by atoms with E-state index in [1.807, 2.05) is 45.9 Å². The van der Waals surface area contributed by atoms with Crippen LogP contribution in [-0.2, 0) is 40.2 Å². The number of ether oxygens (including phenoxy) is 2. The molecule has 1 saturated heterocycles. The van der Waals surface area contributed by atoms with Gasteiger partial charge in [0.2, 0.25) is 0 Å². The molecule has 2 heterocycles. The zero-order valence-corrected chi connectivity index (χ0v) is 23.3. The van der Waals surface area contributed by atoms with Crippen LogP contribution in [0.25, 0.3) is 0 Å². The van der Waals surface area contributed by atoms with Crippen molar-refractivity contribution < 1.29 is 23.9 Å². The molecule has 0 bridgehead atoms.